The molecule has 0 bridgehead atoms. The van der Waals surface area contributed by atoms with Gasteiger partial charge in [-0.3, -0.25) is 4.79 Å². The smallest absolute Gasteiger partial charge is 0.252 e. The Hall–Kier alpha value is -1.25. The summed E-state index contributed by atoms with van der Waals surface area (Å²) in [5.41, 5.74) is 0.943. The molecule has 0 unspecified atom stereocenters. The van der Waals surface area contributed by atoms with Gasteiger partial charge in [-0.05, 0) is 12.5 Å². The molecule has 0 amide bonds. The fourth-order valence-corrected chi connectivity index (χ4v) is 1.07. The lowest BCUT2D eigenvalue weighted by molar-refractivity contribution is 0.828. The van der Waals surface area contributed by atoms with Crippen LogP contribution < -0.4 is 10.9 Å². The van der Waals surface area contributed by atoms with Crippen molar-refractivity contribution in [2.24, 2.45) is 7.05 Å². The summed E-state index contributed by atoms with van der Waals surface area (Å²) in [6.07, 6.45) is 4.07. The summed E-state index contributed by atoms with van der Waals surface area (Å²) in [4.78, 5) is 11.2. The Bertz CT molecular complexity index is 317. The molecule has 1 N–H and O–H groups in total. The van der Waals surface area contributed by atoms with Crippen LogP contribution in [0.2, 0.25) is 0 Å². The van der Waals surface area contributed by atoms with Gasteiger partial charge in [-0.15, -0.1) is 0 Å². The maximum atomic E-state index is 11.2. The zero-order valence-corrected chi connectivity index (χ0v) is 8.21. The minimum absolute atomic E-state index is 0.0292. The van der Waals surface area contributed by atoms with E-state index >= 15 is 0 Å². The predicted molar refractivity (Wildman–Crippen MR) is 55.1 cm³/mol. The number of hydrogen-bond donors (Lipinski definition) is 1. The zero-order chi connectivity index (χ0) is 9.68. The minimum Gasteiger partial charge on any atom is -0.385 e. The van der Waals surface area contributed by atoms with Crippen molar-refractivity contribution in [2.75, 3.05) is 11.9 Å². The van der Waals surface area contributed by atoms with E-state index in [9.17, 15) is 4.79 Å². The molecule has 0 fully saturated rings. The summed E-state index contributed by atoms with van der Waals surface area (Å²) in [6, 6.07) is 3.53. The third kappa shape index (κ3) is 2.93. The van der Waals surface area contributed by atoms with E-state index < -0.39 is 0 Å². The second kappa shape index (κ2) is 4.70. The molecular formula is C10H16N2O. The molecule has 3 heteroatoms. The summed E-state index contributed by atoms with van der Waals surface area (Å²) >= 11 is 0. The first-order valence-electron chi connectivity index (χ1n) is 4.64. The molecular weight excluding hydrogens is 164 g/mol. The molecule has 1 aromatic rings. The van der Waals surface area contributed by atoms with E-state index in [1.165, 1.54) is 0 Å². The summed E-state index contributed by atoms with van der Waals surface area (Å²) < 4.78 is 1.56. The van der Waals surface area contributed by atoms with E-state index in [1.54, 1.807) is 23.9 Å². The number of nitrogens with zero attached hydrogens (tertiary/aromatic N) is 1. The molecule has 0 aromatic carbocycles. The Balaban J connectivity index is 2.58. The molecule has 1 rings (SSSR count). The van der Waals surface area contributed by atoms with E-state index in [2.05, 4.69) is 12.2 Å². The summed E-state index contributed by atoms with van der Waals surface area (Å²) in [6.45, 7) is 3.08. The highest BCUT2D eigenvalue weighted by Crippen LogP contribution is 2.01. The number of hydrogen-bond acceptors (Lipinski definition) is 2. The van der Waals surface area contributed by atoms with Gasteiger partial charge in [0, 0.05) is 31.5 Å². The fourth-order valence-electron chi connectivity index (χ4n) is 1.07. The number of rotatable bonds is 4. The van der Waals surface area contributed by atoms with Crippen LogP contribution in [-0.4, -0.2) is 11.1 Å². The quantitative estimate of drug-likeness (QED) is 0.714. The lowest BCUT2D eigenvalue weighted by atomic mass is 10.3. The van der Waals surface area contributed by atoms with Gasteiger partial charge in [0.05, 0.1) is 0 Å². The average Bonchev–Trinajstić information content (AvgIpc) is 2.12. The molecule has 72 valence electrons. The predicted octanol–water partition coefficient (Wildman–Crippen LogP) is 1.60. The molecule has 0 radical (unpaired) electrons. The van der Waals surface area contributed by atoms with Gasteiger partial charge in [-0.25, -0.2) is 0 Å². The third-order valence-corrected chi connectivity index (χ3v) is 1.96. The maximum absolute atomic E-state index is 11.2. The Morgan fingerprint density at radius 3 is 2.92 bits per heavy atom. The molecule has 13 heavy (non-hydrogen) atoms. The van der Waals surface area contributed by atoms with Crippen LogP contribution in [0.4, 0.5) is 5.69 Å². The molecule has 0 aliphatic rings. The van der Waals surface area contributed by atoms with E-state index in [-0.39, 0.29) is 5.56 Å². The van der Waals surface area contributed by atoms with Crippen molar-refractivity contribution in [3.8, 4) is 0 Å². The van der Waals surface area contributed by atoms with Gasteiger partial charge < -0.3 is 9.88 Å². The van der Waals surface area contributed by atoms with Crippen LogP contribution in [0.5, 0.6) is 0 Å². The molecule has 0 saturated heterocycles. The lowest BCUT2D eigenvalue weighted by Crippen LogP contribution is -2.15. The number of nitrogens with one attached hydrogen (secondary N) is 1. The maximum Gasteiger partial charge on any atom is 0.252 e. The van der Waals surface area contributed by atoms with Crippen LogP contribution in [0.3, 0.4) is 0 Å². The van der Waals surface area contributed by atoms with Gasteiger partial charge in [0.15, 0.2) is 0 Å². The Labute approximate surface area is 78.4 Å². The highest BCUT2D eigenvalue weighted by Gasteiger charge is 1.93. The molecule has 0 atom stereocenters. The fraction of sp³-hybridized carbons (Fsp3) is 0.500. The molecule has 1 heterocycles. The summed E-state index contributed by atoms with van der Waals surface area (Å²) in [7, 11) is 1.75. The number of aromatic nitrogens is 1. The summed E-state index contributed by atoms with van der Waals surface area (Å²) in [5.74, 6) is 0. The normalized spacial score (nSPS) is 10.0. The van der Waals surface area contributed by atoms with Gasteiger partial charge in [-0.1, -0.05) is 13.3 Å². The Morgan fingerprint density at radius 2 is 2.31 bits per heavy atom. The van der Waals surface area contributed by atoms with Crippen molar-refractivity contribution in [1.29, 1.82) is 0 Å². The van der Waals surface area contributed by atoms with Crippen LogP contribution in [-0.2, 0) is 7.05 Å². The van der Waals surface area contributed by atoms with Crippen molar-refractivity contribution >= 4 is 5.69 Å². The van der Waals surface area contributed by atoms with Crippen molar-refractivity contribution in [3.63, 3.8) is 0 Å². The van der Waals surface area contributed by atoms with E-state index in [0.29, 0.717) is 0 Å². The highest BCUT2D eigenvalue weighted by atomic mass is 16.1. The molecule has 0 saturated carbocycles. The van der Waals surface area contributed by atoms with Gasteiger partial charge >= 0.3 is 0 Å². The van der Waals surface area contributed by atoms with Crippen LogP contribution in [0.1, 0.15) is 19.8 Å². The first kappa shape index (κ1) is 9.84. The topological polar surface area (TPSA) is 34.0 Å². The monoisotopic (exact) mass is 180 g/mol. The third-order valence-electron chi connectivity index (χ3n) is 1.96. The van der Waals surface area contributed by atoms with Crippen LogP contribution in [0, 0.1) is 0 Å². The largest absolute Gasteiger partial charge is 0.385 e. The van der Waals surface area contributed by atoms with E-state index in [0.717, 1.165) is 25.1 Å². The second-order valence-electron chi connectivity index (χ2n) is 3.14. The number of pyridine rings is 1. The second-order valence-corrected chi connectivity index (χ2v) is 3.14. The van der Waals surface area contributed by atoms with E-state index in [4.69, 9.17) is 0 Å². The first-order valence-corrected chi connectivity index (χ1v) is 4.64. The van der Waals surface area contributed by atoms with Gasteiger partial charge in [0.2, 0.25) is 0 Å². The standard InChI is InChI=1S/C10H16N2O/c1-3-4-6-11-9-5-7-12(2)10(13)8-9/h5,7-8,11H,3-4,6H2,1-2H3. The average molecular weight is 180 g/mol. The van der Waals surface area contributed by atoms with Gasteiger partial charge in [0.1, 0.15) is 0 Å². The molecule has 3 nitrogen and oxygen atoms in total. The summed E-state index contributed by atoms with van der Waals surface area (Å²) in [5, 5.41) is 3.20. The molecule has 1 aromatic heterocycles. The van der Waals surface area contributed by atoms with Gasteiger partial charge in [0.25, 0.3) is 5.56 Å². The SMILES string of the molecule is CCCCNc1ccn(C)c(=O)c1. The minimum atomic E-state index is 0.0292. The van der Waals surface area contributed by atoms with Crippen LogP contribution in [0.25, 0.3) is 0 Å². The van der Waals surface area contributed by atoms with Crippen molar-refractivity contribution in [1.82, 2.24) is 4.57 Å². The number of aryl methyl sites for hydroxylation is 1. The first-order chi connectivity index (χ1) is 6.24. The lowest BCUT2D eigenvalue weighted by Gasteiger charge is -2.05. The van der Waals surface area contributed by atoms with Crippen molar-refractivity contribution in [2.45, 2.75) is 19.8 Å². The Kier molecular flexibility index (Phi) is 3.55. The van der Waals surface area contributed by atoms with Crippen molar-refractivity contribution < 1.29 is 0 Å². The molecule has 0 spiro atoms. The zero-order valence-electron chi connectivity index (χ0n) is 8.21. The highest BCUT2D eigenvalue weighted by molar-refractivity contribution is 5.40. The van der Waals surface area contributed by atoms with Crippen molar-refractivity contribution in [3.05, 3.63) is 28.7 Å². The Morgan fingerprint density at radius 1 is 1.54 bits per heavy atom. The molecule has 0 aliphatic heterocycles. The van der Waals surface area contributed by atoms with E-state index in [1.807, 2.05) is 6.07 Å². The van der Waals surface area contributed by atoms with Crippen LogP contribution >= 0.6 is 0 Å². The number of unbranched alkanes of at least 4 members (excludes halogenated alkanes) is 1. The van der Waals surface area contributed by atoms with Gasteiger partial charge in [-0.2, -0.15) is 0 Å². The van der Waals surface area contributed by atoms with Crippen LogP contribution in [0.15, 0.2) is 23.1 Å². The number of anilines is 1. The molecule has 0 aliphatic carbocycles.